The average molecular weight is 332 g/mol. The summed E-state index contributed by atoms with van der Waals surface area (Å²) in [6.07, 6.45) is 27.4. The van der Waals surface area contributed by atoms with Gasteiger partial charge in [-0.25, -0.2) is 0 Å². The Kier molecular flexibility index (Phi) is 12.8. The first kappa shape index (κ1) is 21.2. The molecular weight excluding hydrogens is 290 g/mol. The minimum Gasteiger partial charge on any atom is -0.309 e. The van der Waals surface area contributed by atoms with Gasteiger partial charge in [0.25, 0.3) is 0 Å². The highest BCUT2D eigenvalue weighted by molar-refractivity contribution is 5.86. The summed E-state index contributed by atoms with van der Waals surface area (Å²) in [5, 5.41) is 7.98. The van der Waals surface area contributed by atoms with Crippen LogP contribution >= 0.6 is 0 Å². The maximum atomic E-state index is 7.98. The SMILES string of the molecule is CCCCCCCCCC=CCCCC=CCCC(=N)C1CC1C. The molecule has 1 rings (SSSR count). The van der Waals surface area contributed by atoms with E-state index in [0.717, 1.165) is 24.5 Å². The lowest BCUT2D eigenvalue weighted by molar-refractivity contribution is 0.592. The smallest absolute Gasteiger partial charge is 0.0126 e. The first-order chi connectivity index (χ1) is 11.8. The van der Waals surface area contributed by atoms with Gasteiger partial charge in [0, 0.05) is 5.71 Å². The van der Waals surface area contributed by atoms with Crippen molar-refractivity contribution in [3.05, 3.63) is 24.3 Å². The second-order valence-electron chi connectivity index (χ2n) is 7.67. The van der Waals surface area contributed by atoms with Crippen molar-refractivity contribution in [2.24, 2.45) is 11.8 Å². The van der Waals surface area contributed by atoms with Gasteiger partial charge in [-0.3, -0.25) is 0 Å². The van der Waals surface area contributed by atoms with Gasteiger partial charge in [-0.05, 0) is 63.2 Å². The summed E-state index contributed by atoms with van der Waals surface area (Å²) in [6, 6.07) is 0. The van der Waals surface area contributed by atoms with E-state index in [-0.39, 0.29) is 0 Å². The summed E-state index contributed by atoms with van der Waals surface area (Å²) < 4.78 is 0. The van der Waals surface area contributed by atoms with E-state index >= 15 is 0 Å². The van der Waals surface area contributed by atoms with Crippen molar-refractivity contribution in [1.82, 2.24) is 0 Å². The number of allylic oxidation sites excluding steroid dienone is 4. The van der Waals surface area contributed by atoms with Crippen LogP contribution in [0.4, 0.5) is 0 Å². The number of hydrogen-bond donors (Lipinski definition) is 1. The van der Waals surface area contributed by atoms with Crippen LogP contribution in [0.15, 0.2) is 24.3 Å². The summed E-state index contributed by atoms with van der Waals surface area (Å²) >= 11 is 0. The molecule has 1 saturated carbocycles. The maximum Gasteiger partial charge on any atom is 0.0126 e. The molecule has 0 radical (unpaired) electrons. The van der Waals surface area contributed by atoms with E-state index in [1.807, 2.05) is 0 Å². The predicted molar refractivity (Wildman–Crippen MR) is 109 cm³/mol. The third-order valence-electron chi connectivity index (χ3n) is 5.19. The van der Waals surface area contributed by atoms with Crippen molar-refractivity contribution in [3.8, 4) is 0 Å². The highest BCUT2D eigenvalue weighted by atomic mass is 14.5. The Bertz CT molecular complexity index is 366. The van der Waals surface area contributed by atoms with Gasteiger partial charge in [-0.15, -0.1) is 0 Å². The van der Waals surface area contributed by atoms with Crippen molar-refractivity contribution in [2.45, 2.75) is 104 Å². The molecule has 1 aliphatic carbocycles. The lowest BCUT2D eigenvalue weighted by Gasteiger charge is -1.99. The van der Waals surface area contributed by atoms with Gasteiger partial charge >= 0.3 is 0 Å². The first-order valence-electron chi connectivity index (χ1n) is 10.6. The van der Waals surface area contributed by atoms with E-state index < -0.39 is 0 Å². The fourth-order valence-electron chi connectivity index (χ4n) is 3.28. The van der Waals surface area contributed by atoms with Crippen LogP contribution < -0.4 is 0 Å². The molecule has 1 nitrogen and oxygen atoms in total. The average Bonchev–Trinajstić information content (AvgIpc) is 3.31. The van der Waals surface area contributed by atoms with E-state index in [1.54, 1.807) is 0 Å². The Morgan fingerprint density at radius 3 is 1.88 bits per heavy atom. The molecule has 0 spiro atoms. The quantitative estimate of drug-likeness (QED) is 0.169. The minimum atomic E-state index is 0.625. The molecule has 0 saturated heterocycles. The van der Waals surface area contributed by atoms with Gasteiger partial charge in [0.15, 0.2) is 0 Å². The molecule has 0 aliphatic heterocycles. The highest BCUT2D eigenvalue weighted by Crippen LogP contribution is 2.39. The molecule has 138 valence electrons. The van der Waals surface area contributed by atoms with Crippen molar-refractivity contribution in [1.29, 1.82) is 5.41 Å². The molecule has 0 amide bonds. The van der Waals surface area contributed by atoms with Crippen LogP contribution in [0.2, 0.25) is 0 Å². The molecule has 1 aliphatic rings. The van der Waals surface area contributed by atoms with Crippen molar-refractivity contribution in [2.75, 3.05) is 0 Å². The topological polar surface area (TPSA) is 23.9 Å². The van der Waals surface area contributed by atoms with Crippen LogP contribution in [-0.4, -0.2) is 5.71 Å². The zero-order chi connectivity index (χ0) is 17.5. The van der Waals surface area contributed by atoms with Crippen molar-refractivity contribution in [3.63, 3.8) is 0 Å². The molecule has 1 heteroatoms. The molecule has 0 heterocycles. The molecule has 1 fully saturated rings. The number of hydrogen-bond acceptors (Lipinski definition) is 1. The molecule has 1 N–H and O–H groups in total. The molecule has 0 aromatic heterocycles. The fourth-order valence-corrected chi connectivity index (χ4v) is 3.28. The Labute approximate surface area is 151 Å². The molecule has 24 heavy (non-hydrogen) atoms. The van der Waals surface area contributed by atoms with E-state index in [4.69, 9.17) is 5.41 Å². The number of nitrogens with one attached hydrogen (secondary N) is 1. The summed E-state index contributed by atoms with van der Waals surface area (Å²) in [5.74, 6) is 1.41. The summed E-state index contributed by atoms with van der Waals surface area (Å²) in [6.45, 7) is 4.54. The Balaban J connectivity index is 1.79. The van der Waals surface area contributed by atoms with Gasteiger partial charge in [-0.1, -0.05) is 76.7 Å². The zero-order valence-electron chi connectivity index (χ0n) is 16.4. The van der Waals surface area contributed by atoms with Crippen LogP contribution in [0, 0.1) is 17.2 Å². The summed E-state index contributed by atoms with van der Waals surface area (Å²) in [7, 11) is 0. The predicted octanol–water partition coefficient (Wildman–Crippen LogP) is 7.87. The van der Waals surface area contributed by atoms with Crippen LogP contribution in [0.1, 0.15) is 104 Å². The number of unbranched alkanes of at least 4 members (excludes halogenated alkanes) is 9. The fraction of sp³-hybridized carbons (Fsp3) is 0.783. The molecule has 0 aromatic rings. The van der Waals surface area contributed by atoms with Crippen LogP contribution in [0.3, 0.4) is 0 Å². The molecular formula is C23H41N. The molecule has 0 bridgehead atoms. The third-order valence-corrected chi connectivity index (χ3v) is 5.19. The van der Waals surface area contributed by atoms with Crippen molar-refractivity contribution < 1.29 is 0 Å². The molecule has 2 atom stereocenters. The van der Waals surface area contributed by atoms with E-state index in [0.29, 0.717) is 5.92 Å². The lowest BCUT2D eigenvalue weighted by atomic mass is 10.1. The van der Waals surface area contributed by atoms with Gasteiger partial charge in [-0.2, -0.15) is 0 Å². The molecule has 2 unspecified atom stereocenters. The Hall–Kier alpha value is -0.850. The monoisotopic (exact) mass is 331 g/mol. The van der Waals surface area contributed by atoms with Crippen molar-refractivity contribution >= 4 is 5.71 Å². The van der Waals surface area contributed by atoms with E-state index in [9.17, 15) is 0 Å². The Morgan fingerprint density at radius 1 is 0.792 bits per heavy atom. The summed E-state index contributed by atoms with van der Waals surface area (Å²) in [4.78, 5) is 0. The highest BCUT2D eigenvalue weighted by Gasteiger charge is 2.35. The van der Waals surface area contributed by atoms with Gasteiger partial charge in [0.1, 0.15) is 0 Å². The van der Waals surface area contributed by atoms with E-state index in [2.05, 4.69) is 38.2 Å². The van der Waals surface area contributed by atoms with E-state index in [1.165, 1.54) is 77.0 Å². The largest absolute Gasteiger partial charge is 0.309 e. The Morgan fingerprint density at radius 2 is 1.29 bits per heavy atom. The van der Waals surface area contributed by atoms with Gasteiger partial charge in [0.05, 0.1) is 0 Å². The normalized spacial score (nSPS) is 20.2. The molecule has 0 aromatic carbocycles. The second-order valence-corrected chi connectivity index (χ2v) is 7.67. The van der Waals surface area contributed by atoms with Crippen LogP contribution in [-0.2, 0) is 0 Å². The van der Waals surface area contributed by atoms with Crippen LogP contribution in [0.25, 0.3) is 0 Å². The van der Waals surface area contributed by atoms with Gasteiger partial charge in [0.2, 0.25) is 0 Å². The van der Waals surface area contributed by atoms with Gasteiger partial charge < -0.3 is 5.41 Å². The first-order valence-corrected chi connectivity index (χ1v) is 10.6. The standard InChI is InChI=1S/C23H41N/c1-3-4-5-6-7-8-9-10-11-12-13-14-15-16-17-18-19-23(24)22-20-21(22)2/h11-12,16-17,21-22,24H,3-10,13-15,18-20H2,1-2H3. The number of rotatable bonds is 16. The van der Waals surface area contributed by atoms with Crippen LogP contribution in [0.5, 0.6) is 0 Å². The summed E-state index contributed by atoms with van der Waals surface area (Å²) in [5.41, 5.74) is 0.987. The zero-order valence-corrected chi connectivity index (χ0v) is 16.4. The maximum absolute atomic E-state index is 7.98. The lowest BCUT2D eigenvalue weighted by Crippen LogP contribution is -1.99. The minimum absolute atomic E-state index is 0.625. The third kappa shape index (κ3) is 11.6. The second kappa shape index (κ2) is 14.5.